The zero-order valence-electron chi connectivity index (χ0n) is 14.7. The summed E-state index contributed by atoms with van der Waals surface area (Å²) in [6.45, 7) is 3.78. The Kier molecular flexibility index (Phi) is 4.70. The molecule has 4 aromatic heterocycles. The molecule has 7 nitrogen and oxygen atoms in total. The lowest BCUT2D eigenvalue weighted by Gasteiger charge is -2.06. The molecule has 0 aliphatic rings. The third kappa shape index (κ3) is 3.13. The maximum atomic E-state index is 12.6. The lowest BCUT2D eigenvalue weighted by Crippen LogP contribution is -1.99. The van der Waals surface area contributed by atoms with Crippen molar-refractivity contribution in [2.24, 2.45) is 0 Å². The minimum atomic E-state index is -1.18. The van der Waals surface area contributed by atoms with E-state index in [1.54, 1.807) is 13.1 Å². The second-order valence-electron chi connectivity index (χ2n) is 5.98. The highest BCUT2D eigenvalue weighted by Crippen LogP contribution is 2.42. The SMILES string of the molecule is CCCS(=O)c1sc2nc(-c3nccs3)cc(-c3nc(C)cn3O)c2c1N. The largest absolute Gasteiger partial charge is 0.427 e. The Hall–Kier alpha value is -2.30. The van der Waals surface area contributed by atoms with Crippen LogP contribution >= 0.6 is 22.7 Å². The van der Waals surface area contributed by atoms with Gasteiger partial charge in [-0.25, -0.2) is 15.0 Å². The van der Waals surface area contributed by atoms with Crippen molar-refractivity contribution in [2.75, 3.05) is 11.5 Å². The predicted octanol–water partition coefficient (Wildman–Crippen LogP) is 3.93. The second-order valence-corrected chi connectivity index (χ2v) is 9.64. The molecule has 0 aliphatic carbocycles. The molecule has 0 radical (unpaired) electrons. The van der Waals surface area contributed by atoms with Crippen LogP contribution < -0.4 is 5.73 Å². The first-order chi connectivity index (χ1) is 13.0. The molecule has 4 heterocycles. The molecule has 140 valence electrons. The number of thiazole rings is 1. The van der Waals surface area contributed by atoms with E-state index < -0.39 is 10.8 Å². The number of aryl methyl sites for hydroxylation is 1. The number of anilines is 1. The van der Waals surface area contributed by atoms with Gasteiger partial charge in [-0.2, -0.15) is 4.73 Å². The molecule has 27 heavy (non-hydrogen) atoms. The fourth-order valence-corrected chi connectivity index (χ4v) is 6.07. The van der Waals surface area contributed by atoms with Crippen molar-refractivity contribution in [3.63, 3.8) is 0 Å². The van der Waals surface area contributed by atoms with Gasteiger partial charge in [-0.15, -0.1) is 22.7 Å². The lowest BCUT2D eigenvalue weighted by molar-refractivity contribution is 0.190. The Morgan fingerprint density at radius 1 is 1.37 bits per heavy atom. The van der Waals surface area contributed by atoms with Crippen LogP contribution in [-0.4, -0.2) is 34.9 Å². The molecule has 10 heteroatoms. The van der Waals surface area contributed by atoms with E-state index in [1.807, 2.05) is 18.4 Å². The summed E-state index contributed by atoms with van der Waals surface area (Å²) in [7, 11) is -1.18. The molecule has 3 N–H and O–H groups in total. The molecule has 1 atom stereocenters. The van der Waals surface area contributed by atoms with Crippen molar-refractivity contribution in [1.29, 1.82) is 0 Å². The number of imidazole rings is 1. The molecule has 0 aromatic carbocycles. The number of pyridine rings is 1. The highest BCUT2D eigenvalue weighted by molar-refractivity contribution is 7.87. The molecule has 0 saturated heterocycles. The molecular weight excluding hydrogens is 402 g/mol. The van der Waals surface area contributed by atoms with Crippen molar-refractivity contribution < 1.29 is 9.42 Å². The third-order valence-electron chi connectivity index (χ3n) is 3.96. The van der Waals surface area contributed by atoms with Crippen molar-refractivity contribution in [2.45, 2.75) is 24.5 Å². The molecule has 0 aliphatic heterocycles. The monoisotopic (exact) mass is 419 g/mol. The summed E-state index contributed by atoms with van der Waals surface area (Å²) in [4.78, 5) is 14.1. The molecule has 0 fully saturated rings. The molecule has 0 bridgehead atoms. The fourth-order valence-electron chi connectivity index (χ4n) is 2.85. The zero-order valence-corrected chi connectivity index (χ0v) is 17.1. The molecule has 4 rings (SSSR count). The Bertz CT molecular complexity index is 1150. The highest BCUT2D eigenvalue weighted by atomic mass is 32.2. The first-order valence-corrected chi connectivity index (χ1v) is 11.3. The van der Waals surface area contributed by atoms with Gasteiger partial charge < -0.3 is 10.9 Å². The Morgan fingerprint density at radius 2 is 2.19 bits per heavy atom. The van der Waals surface area contributed by atoms with Crippen LogP contribution in [0.5, 0.6) is 0 Å². The molecule has 0 saturated carbocycles. The van der Waals surface area contributed by atoms with Crippen LogP contribution in [0.15, 0.2) is 28.0 Å². The van der Waals surface area contributed by atoms with Gasteiger partial charge in [-0.1, -0.05) is 6.92 Å². The minimum absolute atomic E-state index is 0.370. The molecule has 0 spiro atoms. The van der Waals surface area contributed by atoms with E-state index in [1.165, 1.54) is 28.9 Å². The van der Waals surface area contributed by atoms with Gasteiger partial charge in [-0.05, 0) is 19.4 Å². The zero-order chi connectivity index (χ0) is 19.1. The van der Waals surface area contributed by atoms with Crippen LogP contribution in [0.25, 0.3) is 32.3 Å². The van der Waals surface area contributed by atoms with E-state index in [0.29, 0.717) is 48.6 Å². The molecular formula is C17H17N5O2S3. The quantitative estimate of drug-likeness (QED) is 0.475. The average molecular weight is 420 g/mol. The number of fused-ring (bicyclic) bond motifs is 1. The maximum absolute atomic E-state index is 12.6. The summed E-state index contributed by atoms with van der Waals surface area (Å²) < 4.78 is 14.2. The lowest BCUT2D eigenvalue weighted by atomic mass is 10.1. The fraction of sp³-hybridized carbons (Fsp3) is 0.235. The van der Waals surface area contributed by atoms with Crippen LogP contribution in [0.3, 0.4) is 0 Å². The smallest absolute Gasteiger partial charge is 0.176 e. The Labute approximate surface area is 166 Å². The number of hydrogen-bond acceptors (Lipinski definition) is 8. The highest BCUT2D eigenvalue weighted by Gasteiger charge is 2.23. The van der Waals surface area contributed by atoms with Gasteiger partial charge in [0, 0.05) is 28.3 Å². The molecule has 4 aromatic rings. The topological polar surface area (TPSA) is 107 Å². The van der Waals surface area contributed by atoms with E-state index >= 15 is 0 Å². The van der Waals surface area contributed by atoms with Crippen LogP contribution in [0, 0.1) is 6.92 Å². The molecule has 0 amide bonds. The number of hydrogen-bond donors (Lipinski definition) is 2. The maximum Gasteiger partial charge on any atom is 0.176 e. The first kappa shape index (κ1) is 18.1. The van der Waals surface area contributed by atoms with Crippen LogP contribution in [-0.2, 0) is 10.8 Å². The van der Waals surface area contributed by atoms with Crippen molar-refractivity contribution in [3.8, 4) is 22.1 Å². The van der Waals surface area contributed by atoms with Gasteiger partial charge in [0.2, 0.25) is 0 Å². The van der Waals surface area contributed by atoms with Crippen LogP contribution in [0.4, 0.5) is 5.69 Å². The van der Waals surface area contributed by atoms with Gasteiger partial charge in [-0.3, -0.25) is 4.21 Å². The van der Waals surface area contributed by atoms with Crippen LogP contribution in [0.1, 0.15) is 19.0 Å². The summed E-state index contributed by atoms with van der Waals surface area (Å²) in [6, 6.07) is 1.82. The van der Waals surface area contributed by atoms with Crippen LogP contribution in [0.2, 0.25) is 0 Å². The number of nitrogens with zero attached hydrogens (tertiary/aromatic N) is 4. The van der Waals surface area contributed by atoms with E-state index in [-0.39, 0.29) is 0 Å². The Morgan fingerprint density at radius 3 is 2.81 bits per heavy atom. The van der Waals surface area contributed by atoms with E-state index in [4.69, 9.17) is 10.7 Å². The standard InChI is InChI=1S/C17H17N5O2S3/c1-3-6-27(24)17-13(18)12-10(14-20-9(2)8-22(14)23)7-11(21-16(12)26-17)15-19-4-5-25-15/h4-5,7-8,23H,3,6,18H2,1-2H3. The number of rotatable bonds is 5. The van der Waals surface area contributed by atoms with Crippen molar-refractivity contribution in [3.05, 3.63) is 29.5 Å². The second kappa shape index (κ2) is 7.02. The van der Waals surface area contributed by atoms with Crippen molar-refractivity contribution in [1.82, 2.24) is 19.7 Å². The first-order valence-electron chi connectivity index (χ1n) is 8.26. The number of thiophene rings is 1. The average Bonchev–Trinajstić information content (AvgIpc) is 3.34. The van der Waals surface area contributed by atoms with Gasteiger partial charge >= 0.3 is 0 Å². The summed E-state index contributed by atoms with van der Waals surface area (Å²) in [5.74, 6) is 0.911. The number of nitrogen functional groups attached to an aromatic ring is 1. The van der Waals surface area contributed by atoms with Crippen molar-refractivity contribution >= 4 is 49.4 Å². The summed E-state index contributed by atoms with van der Waals surface area (Å²) in [5.41, 5.74) is 8.81. The summed E-state index contributed by atoms with van der Waals surface area (Å²) in [5, 5.41) is 13.6. The minimum Gasteiger partial charge on any atom is -0.427 e. The van der Waals surface area contributed by atoms with Gasteiger partial charge in [0.1, 0.15) is 19.7 Å². The summed E-state index contributed by atoms with van der Waals surface area (Å²) >= 11 is 2.80. The van der Waals surface area contributed by atoms with E-state index in [2.05, 4.69) is 9.97 Å². The number of aromatic nitrogens is 4. The number of nitrogens with two attached hydrogens (primary N) is 1. The van der Waals surface area contributed by atoms with Gasteiger partial charge in [0.25, 0.3) is 0 Å². The summed E-state index contributed by atoms with van der Waals surface area (Å²) in [6.07, 6.45) is 4.04. The van der Waals surface area contributed by atoms with E-state index in [0.717, 1.165) is 16.2 Å². The molecule has 1 unspecified atom stereocenters. The van der Waals surface area contributed by atoms with E-state index in [9.17, 15) is 9.42 Å². The third-order valence-corrected chi connectivity index (χ3v) is 7.87. The normalized spacial score (nSPS) is 12.7. The van der Waals surface area contributed by atoms with Gasteiger partial charge in [0.05, 0.1) is 28.4 Å². The van der Waals surface area contributed by atoms with Gasteiger partial charge in [0.15, 0.2) is 5.82 Å². The predicted molar refractivity (Wildman–Crippen MR) is 110 cm³/mol. The Balaban J connectivity index is 2.03.